The predicted molar refractivity (Wildman–Crippen MR) is 113 cm³/mol. The number of nitrogens with zero attached hydrogens (tertiary/aromatic N) is 1. The molecule has 2 heterocycles. The molecule has 0 radical (unpaired) electrons. The second-order valence-electron chi connectivity index (χ2n) is 8.10. The minimum absolute atomic E-state index is 0.0612. The maximum Gasteiger partial charge on any atom is 0.234 e. The van der Waals surface area contributed by atoms with Crippen LogP contribution >= 0.6 is 0 Å². The summed E-state index contributed by atoms with van der Waals surface area (Å²) in [6.07, 6.45) is 3.45. The highest BCUT2D eigenvalue weighted by Gasteiger charge is 2.22. The molecule has 2 aliphatic heterocycles. The van der Waals surface area contributed by atoms with Gasteiger partial charge in [0.2, 0.25) is 5.91 Å². The standard InChI is InChI=1S/C24H30N2O3/c1-18(21-7-8-22-23(16-21)29-14-13-28-22)25-24(27)17-26-11-9-20(10-12-26)15-19-5-3-2-4-6-19/h2-8,16,18,20H,9-15,17H2,1H3,(H,25,27)/t18-/m1/s1. The number of carbonyl (C=O) groups is 1. The zero-order valence-electron chi connectivity index (χ0n) is 17.1. The van der Waals surface area contributed by atoms with Crippen molar-refractivity contribution in [1.29, 1.82) is 0 Å². The third kappa shape index (κ3) is 5.30. The van der Waals surface area contributed by atoms with Gasteiger partial charge in [0.25, 0.3) is 0 Å². The number of amides is 1. The number of hydrogen-bond acceptors (Lipinski definition) is 4. The van der Waals surface area contributed by atoms with Gasteiger partial charge in [-0.25, -0.2) is 0 Å². The molecule has 4 rings (SSSR count). The van der Waals surface area contributed by atoms with E-state index in [-0.39, 0.29) is 11.9 Å². The van der Waals surface area contributed by atoms with E-state index in [9.17, 15) is 4.79 Å². The van der Waals surface area contributed by atoms with Crippen LogP contribution in [0.1, 0.15) is 36.9 Å². The van der Waals surface area contributed by atoms with Crippen LogP contribution in [0.25, 0.3) is 0 Å². The normalized spacial score (nSPS) is 18.2. The summed E-state index contributed by atoms with van der Waals surface area (Å²) in [7, 11) is 0. The van der Waals surface area contributed by atoms with Gasteiger partial charge in [-0.2, -0.15) is 0 Å². The maximum absolute atomic E-state index is 12.5. The van der Waals surface area contributed by atoms with Crippen molar-refractivity contribution in [3.05, 3.63) is 59.7 Å². The number of hydrogen-bond donors (Lipinski definition) is 1. The summed E-state index contributed by atoms with van der Waals surface area (Å²) in [6, 6.07) is 16.5. The Labute approximate surface area is 173 Å². The lowest BCUT2D eigenvalue weighted by Gasteiger charge is -2.32. The number of carbonyl (C=O) groups excluding carboxylic acids is 1. The molecule has 2 aliphatic rings. The number of ether oxygens (including phenoxy) is 2. The SMILES string of the molecule is C[C@@H](NC(=O)CN1CCC(Cc2ccccc2)CC1)c1ccc2c(c1)OCCO2. The van der Waals surface area contributed by atoms with Gasteiger partial charge >= 0.3 is 0 Å². The molecule has 1 atom stereocenters. The maximum atomic E-state index is 12.5. The Kier molecular flexibility index (Phi) is 6.35. The fourth-order valence-electron chi connectivity index (χ4n) is 4.20. The largest absolute Gasteiger partial charge is 0.486 e. The molecular weight excluding hydrogens is 364 g/mol. The topological polar surface area (TPSA) is 50.8 Å². The monoisotopic (exact) mass is 394 g/mol. The van der Waals surface area contributed by atoms with Crippen LogP contribution < -0.4 is 14.8 Å². The average Bonchev–Trinajstić information content (AvgIpc) is 2.75. The van der Waals surface area contributed by atoms with Crippen LogP contribution in [0, 0.1) is 5.92 Å². The molecule has 2 aromatic carbocycles. The fourth-order valence-corrected chi connectivity index (χ4v) is 4.20. The van der Waals surface area contributed by atoms with Crippen LogP contribution in [0.4, 0.5) is 0 Å². The Morgan fingerprint density at radius 2 is 1.79 bits per heavy atom. The van der Waals surface area contributed by atoms with Gasteiger partial charge in [0, 0.05) is 0 Å². The first kappa shape index (κ1) is 19.8. The Morgan fingerprint density at radius 1 is 1.07 bits per heavy atom. The molecule has 1 amide bonds. The number of rotatable bonds is 6. The van der Waals surface area contributed by atoms with E-state index < -0.39 is 0 Å². The lowest BCUT2D eigenvalue weighted by Crippen LogP contribution is -2.42. The molecule has 5 heteroatoms. The van der Waals surface area contributed by atoms with Crippen LogP contribution in [0.15, 0.2) is 48.5 Å². The van der Waals surface area contributed by atoms with Gasteiger partial charge in [0.15, 0.2) is 11.5 Å². The highest BCUT2D eigenvalue weighted by Crippen LogP contribution is 2.32. The highest BCUT2D eigenvalue weighted by molar-refractivity contribution is 5.78. The lowest BCUT2D eigenvalue weighted by atomic mass is 9.90. The Bertz CT molecular complexity index is 816. The number of nitrogens with one attached hydrogen (secondary N) is 1. The van der Waals surface area contributed by atoms with Crippen molar-refractivity contribution in [3.63, 3.8) is 0 Å². The quantitative estimate of drug-likeness (QED) is 0.814. The Balaban J connectivity index is 1.23. The Morgan fingerprint density at radius 3 is 2.55 bits per heavy atom. The van der Waals surface area contributed by atoms with E-state index >= 15 is 0 Å². The number of likely N-dealkylation sites (tertiary alicyclic amines) is 1. The van der Waals surface area contributed by atoms with E-state index in [0.717, 1.165) is 49.4 Å². The van der Waals surface area contributed by atoms with Gasteiger partial charge in [-0.15, -0.1) is 0 Å². The smallest absolute Gasteiger partial charge is 0.234 e. The van der Waals surface area contributed by atoms with Crippen molar-refractivity contribution in [3.8, 4) is 11.5 Å². The number of fused-ring (bicyclic) bond motifs is 1. The zero-order chi connectivity index (χ0) is 20.1. The van der Waals surface area contributed by atoms with Gasteiger partial charge in [-0.05, 0) is 68.5 Å². The summed E-state index contributed by atoms with van der Waals surface area (Å²) < 4.78 is 11.2. The minimum atomic E-state index is -0.0612. The number of benzene rings is 2. The molecule has 154 valence electrons. The molecule has 29 heavy (non-hydrogen) atoms. The van der Waals surface area contributed by atoms with E-state index in [1.54, 1.807) is 0 Å². The van der Waals surface area contributed by atoms with Gasteiger partial charge in [0.1, 0.15) is 13.2 Å². The van der Waals surface area contributed by atoms with Crippen LogP contribution in [0.5, 0.6) is 11.5 Å². The predicted octanol–water partition coefficient (Wildman–Crippen LogP) is 3.59. The van der Waals surface area contributed by atoms with E-state index in [2.05, 4.69) is 40.5 Å². The highest BCUT2D eigenvalue weighted by atomic mass is 16.6. The molecule has 0 bridgehead atoms. The van der Waals surface area contributed by atoms with Crippen molar-refractivity contribution in [2.75, 3.05) is 32.8 Å². The number of piperidine rings is 1. The summed E-state index contributed by atoms with van der Waals surface area (Å²) in [5.41, 5.74) is 2.45. The third-order valence-corrected chi connectivity index (χ3v) is 5.89. The first-order valence-electron chi connectivity index (χ1n) is 10.6. The summed E-state index contributed by atoms with van der Waals surface area (Å²) in [4.78, 5) is 14.8. The second-order valence-corrected chi connectivity index (χ2v) is 8.10. The summed E-state index contributed by atoms with van der Waals surface area (Å²) >= 11 is 0. The van der Waals surface area contributed by atoms with E-state index in [1.807, 2.05) is 25.1 Å². The molecule has 0 aliphatic carbocycles. The zero-order valence-corrected chi connectivity index (χ0v) is 17.1. The van der Waals surface area contributed by atoms with Crippen molar-refractivity contribution in [2.24, 2.45) is 5.92 Å². The molecule has 5 nitrogen and oxygen atoms in total. The van der Waals surface area contributed by atoms with Crippen LogP contribution in [-0.4, -0.2) is 43.7 Å². The molecule has 1 fully saturated rings. The van der Waals surface area contributed by atoms with Crippen molar-refractivity contribution < 1.29 is 14.3 Å². The van der Waals surface area contributed by atoms with Crippen molar-refractivity contribution >= 4 is 5.91 Å². The molecule has 1 N–H and O–H groups in total. The average molecular weight is 395 g/mol. The third-order valence-electron chi connectivity index (χ3n) is 5.89. The van der Waals surface area contributed by atoms with E-state index in [1.165, 1.54) is 5.56 Å². The molecule has 0 spiro atoms. The molecular formula is C24H30N2O3. The molecule has 1 saturated heterocycles. The first-order chi connectivity index (χ1) is 14.2. The fraction of sp³-hybridized carbons (Fsp3) is 0.458. The van der Waals surface area contributed by atoms with Gasteiger partial charge in [-0.1, -0.05) is 36.4 Å². The van der Waals surface area contributed by atoms with Gasteiger partial charge in [-0.3, -0.25) is 9.69 Å². The summed E-state index contributed by atoms with van der Waals surface area (Å²) in [5, 5.41) is 3.12. The first-order valence-corrected chi connectivity index (χ1v) is 10.6. The lowest BCUT2D eigenvalue weighted by molar-refractivity contribution is -0.123. The van der Waals surface area contributed by atoms with Crippen molar-refractivity contribution in [1.82, 2.24) is 10.2 Å². The van der Waals surface area contributed by atoms with E-state index in [0.29, 0.717) is 25.7 Å². The minimum Gasteiger partial charge on any atom is -0.486 e. The molecule has 0 aromatic heterocycles. The van der Waals surface area contributed by atoms with Gasteiger partial charge < -0.3 is 14.8 Å². The molecule has 0 saturated carbocycles. The van der Waals surface area contributed by atoms with Crippen molar-refractivity contribution in [2.45, 2.75) is 32.2 Å². The van der Waals surface area contributed by atoms with Crippen LogP contribution in [-0.2, 0) is 11.2 Å². The van der Waals surface area contributed by atoms with Crippen LogP contribution in [0.2, 0.25) is 0 Å². The molecule has 2 aromatic rings. The Hall–Kier alpha value is -2.53. The summed E-state index contributed by atoms with van der Waals surface area (Å²) in [6.45, 7) is 5.60. The van der Waals surface area contributed by atoms with Crippen LogP contribution in [0.3, 0.4) is 0 Å². The molecule has 0 unspecified atom stereocenters. The second kappa shape index (κ2) is 9.31. The van der Waals surface area contributed by atoms with Gasteiger partial charge in [0.05, 0.1) is 12.6 Å². The van der Waals surface area contributed by atoms with E-state index in [4.69, 9.17) is 9.47 Å². The summed E-state index contributed by atoms with van der Waals surface area (Å²) in [5.74, 6) is 2.33.